The summed E-state index contributed by atoms with van der Waals surface area (Å²) >= 11 is 0. The Morgan fingerprint density at radius 3 is 2.61 bits per heavy atom. The highest BCUT2D eigenvalue weighted by molar-refractivity contribution is 4.91. The van der Waals surface area contributed by atoms with E-state index in [4.69, 9.17) is 10.5 Å². The van der Waals surface area contributed by atoms with Gasteiger partial charge in [0.25, 0.3) is 0 Å². The van der Waals surface area contributed by atoms with Gasteiger partial charge in [-0.15, -0.1) is 0 Å². The molecule has 1 aliphatic heterocycles. The largest absolute Gasteiger partial charge is 0.395 e. The van der Waals surface area contributed by atoms with Crippen LogP contribution in [0.3, 0.4) is 0 Å². The van der Waals surface area contributed by atoms with Crippen molar-refractivity contribution in [3.8, 4) is 0 Å². The zero-order valence-corrected chi connectivity index (χ0v) is 12.4. The maximum absolute atomic E-state index is 9.64. The van der Waals surface area contributed by atoms with Gasteiger partial charge in [-0.3, -0.25) is 4.90 Å². The van der Waals surface area contributed by atoms with Gasteiger partial charge in [0.1, 0.15) is 0 Å². The zero-order valence-electron chi connectivity index (χ0n) is 12.4. The number of likely N-dealkylation sites (tertiary alicyclic amines) is 1. The predicted octanol–water partition coefficient (Wildman–Crippen LogP) is 1.22. The Morgan fingerprint density at radius 2 is 2.11 bits per heavy atom. The summed E-state index contributed by atoms with van der Waals surface area (Å²) in [6.07, 6.45) is 3.14. The van der Waals surface area contributed by atoms with Crippen molar-refractivity contribution in [3.05, 3.63) is 0 Å². The molecular weight excluding hydrogens is 228 g/mol. The van der Waals surface area contributed by atoms with Crippen LogP contribution < -0.4 is 5.73 Å². The van der Waals surface area contributed by atoms with E-state index in [0.717, 1.165) is 32.4 Å². The number of rotatable bonds is 6. The van der Waals surface area contributed by atoms with Gasteiger partial charge < -0.3 is 15.6 Å². The molecule has 4 nitrogen and oxygen atoms in total. The molecular formula is C14H30N2O2. The maximum Gasteiger partial charge on any atom is 0.0777 e. The Balaban J connectivity index is 2.64. The third-order valence-electron chi connectivity index (χ3n) is 4.08. The van der Waals surface area contributed by atoms with Gasteiger partial charge in [-0.2, -0.15) is 0 Å². The smallest absolute Gasteiger partial charge is 0.0777 e. The van der Waals surface area contributed by atoms with Gasteiger partial charge in [-0.1, -0.05) is 13.8 Å². The maximum atomic E-state index is 9.64. The molecule has 0 aromatic heterocycles. The summed E-state index contributed by atoms with van der Waals surface area (Å²) in [5.74, 6) is 0.563. The molecule has 0 saturated carbocycles. The Morgan fingerprint density at radius 1 is 1.44 bits per heavy atom. The fraction of sp³-hybridized carbons (Fsp3) is 1.00. The molecule has 0 aliphatic carbocycles. The Kier molecular flexibility index (Phi) is 6.05. The zero-order chi connectivity index (χ0) is 13.8. The van der Waals surface area contributed by atoms with Crippen molar-refractivity contribution >= 4 is 0 Å². The van der Waals surface area contributed by atoms with E-state index in [9.17, 15) is 5.11 Å². The number of ether oxygens (including phenoxy) is 1. The van der Waals surface area contributed by atoms with Crippen molar-refractivity contribution in [1.29, 1.82) is 0 Å². The van der Waals surface area contributed by atoms with E-state index >= 15 is 0 Å². The van der Waals surface area contributed by atoms with Crippen LogP contribution in [-0.2, 0) is 4.74 Å². The second-order valence-electron chi connectivity index (χ2n) is 6.27. The van der Waals surface area contributed by atoms with Crippen LogP contribution in [0.4, 0.5) is 0 Å². The molecule has 18 heavy (non-hydrogen) atoms. The van der Waals surface area contributed by atoms with Crippen molar-refractivity contribution in [1.82, 2.24) is 4.90 Å². The quantitative estimate of drug-likeness (QED) is 0.752. The Bertz CT molecular complexity index is 248. The lowest BCUT2D eigenvalue weighted by Gasteiger charge is -2.44. The number of aliphatic hydroxyl groups excluding tert-OH is 1. The van der Waals surface area contributed by atoms with Crippen molar-refractivity contribution in [2.45, 2.75) is 57.7 Å². The summed E-state index contributed by atoms with van der Waals surface area (Å²) in [7, 11) is 1.77. The van der Waals surface area contributed by atoms with Gasteiger partial charge in [0.2, 0.25) is 0 Å². The minimum Gasteiger partial charge on any atom is -0.395 e. The highest BCUT2D eigenvalue weighted by atomic mass is 16.5. The second kappa shape index (κ2) is 6.85. The van der Waals surface area contributed by atoms with Crippen molar-refractivity contribution in [2.75, 3.05) is 26.8 Å². The SMILES string of the molecule is COC1(C)CCCN(C(CO)C(N)CC(C)C)C1. The van der Waals surface area contributed by atoms with E-state index in [2.05, 4.69) is 25.7 Å². The molecule has 1 saturated heterocycles. The van der Waals surface area contributed by atoms with Gasteiger partial charge in [0.05, 0.1) is 12.2 Å². The van der Waals surface area contributed by atoms with E-state index in [1.54, 1.807) is 7.11 Å². The molecule has 108 valence electrons. The minimum absolute atomic E-state index is 0.0363. The molecule has 3 atom stereocenters. The third kappa shape index (κ3) is 4.19. The molecule has 0 radical (unpaired) electrons. The van der Waals surface area contributed by atoms with Crippen LogP contribution in [0, 0.1) is 5.92 Å². The minimum atomic E-state index is -0.0940. The third-order valence-corrected chi connectivity index (χ3v) is 4.08. The summed E-state index contributed by atoms with van der Waals surface area (Å²) in [5.41, 5.74) is 6.15. The van der Waals surface area contributed by atoms with Crippen LogP contribution in [0.2, 0.25) is 0 Å². The summed E-state index contributed by atoms with van der Waals surface area (Å²) < 4.78 is 5.60. The standard InChI is InChI=1S/C14H30N2O2/c1-11(2)8-12(15)13(9-17)16-7-5-6-14(3,10-16)18-4/h11-13,17H,5-10,15H2,1-4H3. The molecule has 4 heteroatoms. The monoisotopic (exact) mass is 258 g/mol. The van der Waals surface area contributed by atoms with Crippen molar-refractivity contribution < 1.29 is 9.84 Å². The molecule has 0 aromatic rings. The lowest BCUT2D eigenvalue weighted by molar-refractivity contribution is -0.0698. The van der Waals surface area contributed by atoms with Crippen LogP contribution in [0.1, 0.15) is 40.0 Å². The first-order valence-electron chi connectivity index (χ1n) is 7.07. The second-order valence-corrected chi connectivity index (χ2v) is 6.27. The van der Waals surface area contributed by atoms with Gasteiger partial charge in [0, 0.05) is 25.7 Å². The van der Waals surface area contributed by atoms with Gasteiger partial charge in [-0.05, 0) is 38.6 Å². The summed E-state index contributed by atoms with van der Waals surface area (Å²) in [6.45, 7) is 8.49. The first-order valence-corrected chi connectivity index (χ1v) is 7.07. The number of hydrogen-bond acceptors (Lipinski definition) is 4. The lowest BCUT2D eigenvalue weighted by atomic mass is 9.90. The van der Waals surface area contributed by atoms with Crippen LogP contribution in [0.25, 0.3) is 0 Å². The highest BCUT2D eigenvalue weighted by Gasteiger charge is 2.35. The normalized spacial score (nSPS) is 29.5. The molecule has 0 bridgehead atoms. The molecule has 0 amide bonds. The summed E-state index contributed by atoms with van der Waals surface area (Å²) in [4.78, 5) is 2.31. The molecule has 1 fully saturated rings. The van der Waals surface area contributed by atoms with E-state index in [1.165, 1.54) is 0 Å². The number of piperidine rings is 1. The summed E-state index contributed by atoms with van der Waals surface area (Å²) in [5, 5.41) is 9.64. The van der Waals surface area contributed by atoms with Crippen LogP contribution >= 0.6 is 0 Å². The summed E-state index contributed by atoms with van der Waals surface area (Å²) in [6, 6.07) is 0.0939. The predicted molar refractivity (Wildman–Crippen MR) is 74.5 cm³/mol. The number of methoxy groups -OCH3 is 1. The molecule has 1 aliphatic rings. The van der Waals surface area contributed by atoms with Gasteiger partial charge in [0.15, 0.2) is 0 Å². The first-order chi connectivity index (χ1) is 8.41. The topological polar surface area (TPSA) is 58.7 Å². The number of hydrogen-bond donors (Lipinski definition) is 2. The van der Waals surface area contributed by atoms with Gasteiger partial charge in [-0.25, -0.2) is 0 Å². The number of aliphatic hydroxyl groups is 1. The fourth-order valence-electron chi connectivity index (χ4n) is 2.92. The number of nitrogens with two attached hydrogens (primary N) is 1. The van der Waals surface area contributed by atoms with Crippen LogP contribution in [0.5, 0.6) is 0 Å². The average Bonchev–Trinajstić information content (AvgIpc) is 2.29. The molecule has 3 unspecified atom stereocenters. The molecule has 0 aromatic carbocycles. The Labute approximate surface area is 111 Å². The fourth-order valence-corrected chi connectivity index (χ4v) is 2.92. The van der Waals surface area contributed by atoms with Crippen LogP contribution in [-0.4, -0.2) is 54.5 Å². The molecule has 0 spiro atoms. The van der Waals surface area contributed by atoms with E-state index < -0.39 is 0 Å². The van der Waals surface area contributed by atoms with Gasteiger partial charge >= 0.3 is 0 Å². The van der Waals surface area contributed by atoms with Crippen molar-refractivity contribution in [3.63, 3.8) is 0 Å². The van der Waals surface area contributed by atoms with E-state index in [1.807, 2.05) is 0 Å². The molecule has 3 N–H and O–H groups in total. The van der Waals surface area contributed by atoms with E-state index in [-0.39, 0.29) is 24.3 Å². The Hall–Kier alpha value is -0.160. The van der Waals surface area contributed by atoms with Crippen LogP contribution in [0.15, 0.2) is 0 Å². The van der Waals surface area contributed by atoms with Crippen molar-refractivity contribution in [2.24, 2.45) is 11.7 Å². The highest BCUT2D eigenvalue weighted by Crippen LogP contribution is 2.26. The lowest BCUT2D eigenvalue weighted by Crippen LogP contribution is -2.57. The average molecular weight is 258 g/mol. The molecule has 1 heterocycles. The molecule has 1 rings (SSSR count). The van der Waals surface area contributed by atoms with E-state index in [0.29, 0.717) is 5.92 Å². The number of nitrogens with zero attached hydrogens (tertiary/aromatic N) is 1. The first kappa shape index (κ1) is 15.9.